The fraction of sp³-hybridized carbons (Fsp3) is 0.250. The molecule has 0 saturated carbocycles. The molecule has 0 saturated heterocycles. The number of nitrogens with one attached hydrogen (secondary N) is 1. The van der Waals surface area contributed by atoms with Gasteiger partial charge >= 0.3 is 0 Å². The molecule has 1 heteroatoms. The topological polar surface area (TPSA) is 12.0 Å². The van der Waals surface area contributed by atoms with Crippen LogP contribution < -0.4 is 5.32 Å². The average molecular weight is 223 g/mol. The molecule has 86 valence electrons. The minimum atomic E-state index is 0.495. The molecule has 1 unspecified atom stereocenters. The molecule has 0 aromatic heterocycles. The number of anilines is 1. The lowest BCUT2D eigenvalue weighted by Gasteiger charge is -2.20. The second-order valence-corrected chi connectivity index (χ2v) is 4.64. The standard InChI is InChI=1S/C16H17N/c1-2-9-14(10-3-1)17-16-12-6-8-13-7-4-5-11-15(13)16/h2,4-9,11-12,14,17H,1,3,10H2. The third kappa shape index (κ3) is 2.19. The molecular formula is C16H17N. The molecule has 0 aliphatic heterocycles. The first-order chi connectivity index (χ1) is 8.43. The molecule has 0 heterocycles. The monoisotopic (exact) mass is 223 g/mol. The Hall–Kier alpha value is -1.76. The van der Waals surface area contributed by atoms with Gasteiger partial charge in [-0.2, -0.15) is 0 Å². The van der Waals surface area contributed by atoms with Crippen LogP contribution in [0.2, 0.25) is 0 Å². The highest BCUT2D eigenvalue weighted by Crippen LogP contribution is 2.25. The van der Waals surface area contributed by atoms with Crippen molar-refractivity contribution in [2.75, 3.05) is 5.32 Å². The number of hydrogen-bond acceptors (Lipinski definition) is 1. The summed E-state index contributed by atoms with van der Waals surface area (Å²) in [6.07, 6.45) is 8.34. The first-order valence-electron chi connectivity index (χ1n) is 6.34. The van der Waals surface area contributed by atoms with E-state index in [2.05, 4.69) is 59.9 Å². The van der Waals surface area contributed by atoms with Gasteiger partial charge in [0.15, 0.2) is 0 Å². The minimum absolute atomic E-state index is 0.495. The maximum absolute atomic E-state index is 3.64. The van der Waals surface area contributed by atoms with E-state index in [4.69, 9.17) is 0 Å². The molecule has 1 aliphatic rings. The molecule has 0 spiro atoms. The Bertz CT molecular complexity index is 537. The van der Waals surface area contributed by atoms with Crippen molar-refractivity contribution in [1.29, 1.82) is 0 Å². The van der Waals surface area contributed by atoms with E-state index in [1.54, 1.807) is 0 Å². The molecule has 17 heavy (non-hydrogen) atoms. The molecule has 0 radical (unpaired) electrons. The summed E-state index contributed by atoms with van der Waals surface area (Å²) in [7, 11) is 0. The summed E-state index contributed by atoms with van der Waals surface area (Å²) < 4.78 is 0. The van der Waals surface area contributed by atoms with E-state index < -0.39 is 0 Å². The quantitative estimate of drug-likeness (QED) is 0.746. The third-order valence-electron chi connectivity index (χ3n) is 3.38. The van der Waals surface area contributed by atoms with Gasteiger partial charge in [-0.3, -0.25) is 0 Å². The van der Waals surface area contributed by atoms with Crippen LogP contribution >= 0.6 is 0 Å². The van der Waals surface area contributed by atoms with E-state index in [1.165, 1.54) is 35.7 Å². The van der Waals surface area contributed by atoms with Crippen LogP contribution in [0.5, 0.6) is 0 Å². The SMILES string of the molecule is C1=CC(Nc2cccc3ccccc23)CCC1. The summed E-state index contributed by atoms with van der Waals surface area (Å²) in [6, 6.07) is 15.5. The van der Waals surface area contributed by atoms with E-state index >= 15 is 0 Å². The van der Waals surface area contributed by atoms with Crippen LogP contribution in [-0.2, 0) is 0 Å². The molecular weight excluding hydrogens is 206 g/mol. The number of fused-ring (bicyclic) bond motifs is 1. The summed E-state index contributed by atoms with van der Waals surface area (Å²) in [5.74, 6) is 0. The van der Waals surface area contributed by atoms with Gasteiger partial charge in [-0.25, -0.2) is 0 Å². The zero-order chi connectivity index (χ0) is 11.5. The summed E-state index contributed by atoms with van der Waals surface area (Å²) in [5, 5.41) is 6.25. The Morgan fingerprint density at radius 2 is 1.88 bits per heavy atom. The lowest BCUT2D eigenvalue weighted by atomic mass is 10.0. The van der Waals surface area contributed by atoms with Crippen molar-refractivity contribution in [2.24, 2.45) is 0 Å². The van der Waals surface area contributed by atoms with Crippen LogP contribution in [0.4, 0.5) is 5.69 Å². The predicted octanol–water partition coefficient (Wildman–Crippen LogP) is 4.36. The minimum Gasteiger partial charge on any atom is -0.378 e. The first kappa shape index (κ1) is 10.4. The number of allylic oxidation sites excluding steroid dienone is 1. The van der Waals surface area contributed by atoms with Gasteiger partial charge in [0.1, 0.15) is 0 Å². The van der Waals surface area contributed by atoms with Gasteiger partial charge in [-0.1, -0.05) is 48.6 Å². The average Bonchev–Trinajstić information content (AvgIpc) is 2.40. The van der Waals surface area contributed by atoms with Crippen molar-refractivity contribution >= 4 is 16.5 Å². The molecule has 1 aliphatic carbocycles. The van der Waals surface area contributed by atoms with Crippen molar-refractivity contribution in [3.63, 3.8) is 0 Å². The molecule has 1 N–H and O–H groups in total. The van der Waals surface area contributed by atoms with E-state index in [-0.39, 0.29) is 0 Å². The molecule has 2 aromatic rings. The molecule has 0 amide bonds. The Kier molecular flexibility index (Phi) is 2.83. The number of hydrogen-bond donors (Lipinski definition) is 1. The van der Waals surface area contributed by atoms with Crippen molar-refractivity contribution in [3.8, 4) is 0 Å². The van der Waals surface area contributed by atoms with Gasteiger partial charge in [0, 0.05) is 17.1 Å². The van der Waals surface area contributed by atoms with Crippen LogP contribution in [0.3, 0.4) is 0 Å². The van der Waals surface area contributed by atoms with Crippen LogP contribution in [0.15, 0.2) is 54.6 Å². The summed E-state index contributed by atoms with van der Waals surface area (Å²) in [4.78, 5) is 0. The first-order valence-corrected chi connectivity index (χ1v) is 6.34. The molecule has 1 atom stereocenters. The van der Waals surface area contributed by atoms with Crippen LogP contribution in [0.1, 0.15) is 19.3 Å². The largest absolute Gasteiger partial charge is 0.378 e. The maximum Gasteiger partial charge on any atom is 0.0444 e. The van der Waals surface area contributed by atoms with E-state index in [9.17, 15) is 0 Å². The normalized spacial score (nSPS) is 19.4. The van der Waals surface area contributed by atoms with Gasteiger partial charge in [0.2, 0.25) is 0 Å². The number of benzene rings is 2. The lowest BCUT2D eigenvalue weighted by molar-refractivity contribution is 0.674. The molecule has 0 bridgehead atoms. The smallest absolute Gasteiger partial charge is 0.0444 e. The Balaban J connectivity index is 1.94. The van der Waals surface area contributed by atoms with E-state index in [0.29, 0.717) is 6.04 Å². The number of rotatable bonds is 2. The Morgan fingerprint density at radius 1 is 1.00 bits per heavy atom. The fourth-order valence-corrected chi connectivity index (χ4v) is 2.48. The van der Waals surface area contributed by atoms with E-state index in [0.717, 1.165) is 0 Å². The van der Waals surface area contributed by atoms with Gasteiger partial charge in [0.25, 0.3) is 0 Å². The van der Waals surface area contributed by atoms with Gasteiger partial charge in [-0.05, 0) is 30.7 Å². The Labute approximate surface area is 102 Å². The van der Waals surface area contributed by atoms with Crippen LogP contribution in [-0.4, -0.2) is 6.04 Å². The molecule has 0 fully saturated rings. The van der Waals surface area contributed by atoms with Gasteiger partial charge in [0.05, 0.1) is 0 Å². The molecule has 1 nitrogen and oxygen atoms in total. The Morgan fingerprint density at radius 3 is 2.76 bits per heavy atom. The third-order valence-corrected chi connectivity index (χ3v) is 3.38. The zero-order valence-corrected chi connectivity index (χ0v) is 9.89. The fourth-order valence-electron chi connectivity index (χ4n) is 2.48. The highest BCUT2D eigenvalue weighted by molar-refractivity contribution is 5.93. The van der Waals surface area contributed by atoms with Crippen molar-refractivity contribution < 1.29 is 0 Å². The van der Waals surface area contributed by atoms with E-state index in [1.807, 2.05) is 0 Å². The van der Waals surface area contributed by atoms with Crippen molar-refractivity contribution in [3.05, 3.63) is 54.6 Å². The van der Waals surface area contributed by atoms with Crippen molar-refractivity contribution in [2.45, 2.75) is 25.3 Å². The maximum atomic E-state index is 3.64. The van der Waals surface area contributed by atoms with Gasteiger partial charge in [-0.15, -0.1) is 0 Å². The zero-order valence-electron chi connectivity index (χ0n) is 9.89. The summed E-state index contributed by atoms with van der Waals surface area (Å²) in [5.41, 5.74) is 1.25. The highest BCUT2D eigenvalue weighted by atomic mass is 14.9. The second kappa shape index (κ2) is 4.62. The van der Waals surface area contributed by atoms with Crippen molar-refractivity contribution in [1.82, 2.24) is 0 Å². The highest BCUT2D eigenvalue weighted by Gasteiger charge is 2.09. The second-order valence-electron chi connectivity index (χ2n) is 4.64. The summed E-state index contributed by atoms with van der Waals surface area (Å²) in [6.45, 7) is 0. The van der Waals surface area contributed by atoms with Gasteiger partial charge < -0.3 is 5.32 Å². The lowest BCUT2D eigenvalue weighted by Crippen LogP contribution is -2.18. The van der Waals surface area contributed by atoms with Crippen LogP contribution in [0, 0.1) is 0 Å². The molecule has 3 rings (SSSR count). The predicted molar refractivity (Wildman–Crippen MR) is 74.3 cm³/mol. The summed E-state index contributed by atoms with van der Waals surface area (Å²) >= 11 is 0. The van der Waals surface area contributed by atoms with Crippen LogP contribution in [0.25, 0.3) is 10.8 Å². The molecule has 2 aromatic carbocycles.